The number of benzene rings is 2. The predicted molar refractivity (Wildman–Crippen MR) is 130 cm³/mol. The van der Waals surface area contributed by atoms with E-state index in [1.54, 1.807) is 0 Å². The van der Waals surface area contributed by atoms with Crippen molar-refractivity contribution in [3.63, 3.8) is 0 Å². The predicted octanol–water partition coefficient (Wildman–Crippen LogP) is 5.73. The van der Waals surface area contributed by atoms with Crippen molar-refractivity contribution in [1.82, 2.24) is 5.43 Å². The molecule has 0 aliphatic carbocycles. The van der Waals surface area contributed by atoms with E-state index in [1.807, 2.05) is 36.5 Å². The molecule has 1 heterocycles. The first-order valence-corrected chi connectivity index (χ1v) is 10.5. The van der Waals surface area contributed by atoms with Gasteiger partial charge in [-0.25, -0.2) is 0 Å². The van der Waals surface area contributed by atoms with Gasteiger partial charge in [0.15, 0.2) is 5.11 Å². The van der Waals surface area contributed by atoms with Gasteiger partial charge in [-0.15, -0.1) is 0 Å². The smallest absolute Gasteiger partial charge is 0.191 e. The van der Waals surface area contributed by atoms with Crippen LogP contribution in [0, 0.1) is 6.92 Å². The Kier molecular flexibility index (Phi) is 6.38. The number of nitrogens with one attached hydrogen (secondary N) is 2. The van der Waals surface area contributed by atoms with E-state index in [2.05, 4.69) is 73.6 Å². The Morgan fingerprint density at radius 1 is 1.17 bits per heavy atom. The molecule has 2 aromatic rings. The van der Waals surface area contributed by atoms with Crippen LogP contribution in [0.1, 0.15) is 50.8 Å². The van der Waals surface area contributed by atoms with Crippen molar-refractivity contribution < 1.29 is 0 Å². The molecular weight excluding hydrogens is 376 g/mol. The number of para-hydroxylation sites is 1. The van der Waals surface area contributed by atoms with Gasteiger partial charge in [0.2, 0.25) is 0 Å². The highest BCUT2D eigenvalue weighted by Gasteiger charge is 2.31. The molecule has 29 heavy (non-hydrogen) atoms. The monoisotopic (exact) mass is 406 g/mol. The van der Waals surface area contributed by atoms with Crippen LogP contribution in [0.25, 0.3) is 5.57 Å². The summed E-state index contributed by atoms with van der Waals surface area (Å²) in [5.74, 6) is 0. The van der Waals surface area contributed by atoms with Crippen molar-refractivity contribution in [3.8, 4) is 0 Å². The third-order valence-electron chi connectivity index (χ3n) is 5.21. The zero-order valence-electron chi connectivity index (χ0n) is 17.9. The highest BCUT2D eigenvalue weighted by atomic mass is 32.1. The van der Waals surface area contributed by atoms with Gasteiger partial charge in [0.25, 0.3) is 0 Å². The number of hydrogen-bond acceptors (Lipinski definition) is 3. The molecule has 4 nitrogen and oxygen atoms in total. The lowest BCUT2D eigenvalue weighted by molar-refractivity contribution is 0.550. The molecule has 0 saturated carbocycles. The fraction of sp³-hybridized carbons (Fsp3) is 0.333. The lowest BCUT2D eigenvalue weighted by Gasteiger charge is -2.43. The maximum Gasteiger partial charge on any atom is 0.191 e. The van der Waals surface area contributed by atoms with E-state index in [1.165, 1.54) is 22.4 Å². The molecule has 0 bridgehead atoms. The molecule has 0 unspecified atom stereocenters. The first-order chi connectivity index (χ1) is 13.8. The van der Waals surface area contributed by atoms with Crippen LogP contribution in [-0.4, -0.2) is 23.4 Å². The summed E-state index contributed by atoms with van der Waals surface area (Å²) in [4.78, 5) is 2.50. The van der Waals surface area contributed by atoms with Crippen LogP contribution in [0.2, 0.25) is 0 Å². The molecule has 2 aromatic carbocycles. The minimum absolute atomic E-state index is 0.0198. The minimum atomic E-state index is 0.0198. The van der Waals surface area contributed by atoms with Crippen LogP contribution in [0.15, 0.2) is 53.6 Å². The van der Waals surface area contributed by atoms with E-state index in [9.17, 15) is 0 Å². The van der Waals surface area contributed by atoms with Crippen molar-refractivity contribution in [2.24, 2.45) is 5.10 Å². The SMILES string of the molecule is CCCN1c2cc(C)c(/C=N/NC(=S)Nc3ccccc3)cc2C(C)=CC1(C)C. The van der Waals surface area contributed by atoms with E-state index in [-0.39, 0.29) is 5.54 Å². The third kappa shape index (κ3) is 4.85. The van der Waals surface area contributed by atoms with Crippen molar-refractivity contribution in [1.29, 1.82) is 0 Å². The van der Waals surface area contributed by atoms with E-state index < -0.39 is 0 Å². The van der Waals surface area contributed by atoms with Gasteiger partial charge in [0.1, 0.15) is 0 Å². The Bertz CT molecular complexity index is 945. The second-order valence-electron chi connectivity index (χ2n) is 8.05. The lowest BCUT2D eigenvalue weighted by atomic mass is 9.87. The number of aryl methyl sites for hydroxylation is 1. The molecule has 3 rings (SSSR count). The number of fused-ring (bicyclic) bond motifs is 1. The summed E-state index contributed by atoms with van der Waals surface area (Å²) in [6.45, 7) is 12.2. The van der Waals surface area contributed by atoms with Crippen LogP contribution in [-0.2, 0) is 0 Å². The number of hydrazone groups is 1. The van der Waals surface area contributed by atoms with Crippen molar-refractivity contribution in [3.05, 3.63) is 65.2 Å². The first-order valence-electron chi connectivity index (χ1n) is 10.1. The molecule has 2 N–H and O–H groups in total. The van der Waals surface area contributed by atoms with E-state index in [0.717, 1.165) is 24.2 Å². The molecule has 0 fully saturated rings. The standard InChI is InChI=1S/C24H30N4S/c1-6-12-28-22-13-17(2)19(14-21(22)18(3)15-24(28,4)5)16-25-27-23(29)26-20-10-8-7-9-11-20/h7-11,13-16H,6,12H2,1-5H3,(H2,26,27,29)/b25-16+. The average Bonchev–Trinajstić information content (AvgIpc) is 2.66. The van der Waals surface area contributed by atoms with Crippen molar-refractivity contribution in [2.45, 2.75) is 46.6 Å². The number of nitrogens with zero attached hydrogens (tertiary/aromatic N) is 2. The summed E-state index contributed by atoms with van der Waals surface area (Å²) in [6, 6.07) is 14.3. The van der Waals surface area contributed by atoms with Gasteiger partial charge in [-0.2, -0.15) is 5.10 Å². The van der Waals surface area contributed by atoms with Crippen LogP contribution in [0.3, 0.4) is 0 Å². The molecule has 0 saturated heterocycles. The number of hydrogen-bond donors (Lipinski definition) is 2. The Morgan fingerprint density at radius 2 is 1.90 bits per heavy atom. The highest BCUT2D eigenvalue weighted by molar-refractivity contribution is 7.80. The first kappa shape index (κ1) is 21.1. The van der Waals surface area contributed by atoms with Crippen molar-refractivity contribution >= 4 is 40.5 Å². The van der Waals surface area contributed by atoms with E-state index >= 15 is 0 Å². The molecule has 152 valence electrons. The summed E-state index contributed by atoms with van der Waals surface area (Å²) in [7, 11) is 0. The topological polar surface area (TPSA) is 39.7 Å². The molecule has 1 aliphatic heterocycles. The second kappa shape index (κ2) is 8.78. The summed E-state index contributed by atoms with van der Waals surface area (Å²) < 4.78 is 0. The van der Waals surface area contributed by atoms with E-state index in [0.29, 0.717) is 5.11 Å². The molecule has 0 radical (unpaired) electrons. The number of thiocarbonyl (C=S) groups is 1. The van der Waals surface area contributed by atoms with Gasteiger partial charge in [-0.05, 0) is 87.3 Å². The Hall–Kier alpha value is -2.66. The lowest BCUT2D eigenvalue weighted by Crippen LogP contribution is -2.45. The maximum absolute atomic E-state index is 5.32. The fourth-order valence-corrected chi connectivity index (χ4v) is 4.03. The fourth-order valence-electron chi connectivity index (χ4n) is 3.86. The maximum atomic E-state index is 5.32. The molecular formula is C24H30N4S. The van der Waals surface area contributed by atoms with Gasteiger partial charge in [0, 0.05) is 23.5 Å². The Balaban J connectivity index is 1.79. The number of anilines is 2. The molecule has 0 atom stereocenters. The Labute approximate surface area is 179 Å². The average molecular weight is 407 g/mol. The zero-order chi connectivity index (χ0) is 21.0. The van der Waals surface area contributed by atoms with Crippen molar-refractivity contribution in [2.75, 3.05) is 16.8 Å². The zero-order valence-corrected chi connectivity index (χ0v) is 18.7. The highest BCUT2D eigenvalue weighted by Crippen LogP contribution is 2.40. The van der Waals surface area contributed by atoms with Crippen LogP contribution >= 0.6 is 12.2 Å². The van der Waals surface area contributed by atoms with Crippen LogP contribution in [0.5, 0.6) is 0 Å². The largest absolute Gasteiger partial charge is 0.362 e. The van der Waals surface area contributed by atoms with Gasteiger partial charge >= 0.3 is 0 Å². The molecule has 1 aliphatic rings. The second-order valence-corrected chi connectivity index (χ2v) is 8.46. The quantitative estimate of drug-likeness (QED) is 0.378. The third-order valence-corrected chi connectivity index (χ3v) is 5.41. The van der Waals surface area contributed by atoms with Crippen LogP contribution < -0.4 is 15.6 Å². The summed E-state index contributed by atoms with van der Waals surface area (Å²) in [5.41, 5.74) is 10.0. The molecule has 0 spiro atoms. The molecule has 5 heteroatoms. The summed E-state index contributed by atoms with van der Waals surface area (Å²) >= 11 is 5.32. The summed E-state index contributed by atoms with van der Waals surface area (Å²) in [6.07, 6.45) is 5.32. The number of rotatable bonds is 5. The van der Waals surface area contributed by atoms with Crippen LogP contribution in [0.4, 0.5) is 11.4 Å². The summed E-state index contributed by atoms with van der Waals surface area (Å²) in [5, 5.41) is 7.93. The van der Waals surface area contributed by atoms with Gasteiger partial charge in [0.05, 0.1) is 11.8 Å². The minimum Gasteiger partial charge on any atom is -0.362 e. The molecule has 0 aromatic heterocycles. The normalized spacial score (nSPS) is 15.1. The van der Waals surface area contributed by atoms with Gasteiger partial charge in [-0.1, -0.05) is 31.2 Å². The van der Waals surface area contributed by atoms with Gasteiger partial charge < -0.3 is 10.2 Å². The Morgan fingerprint density at radius 3 is 2.59 bits per heavy atom. The number of allylic oxidation sites excluding steroid dienone is 1. The molecule has 0 amide bonds. The van der Waals surface area contributed by atoms with E-state index in [4.69, 9.17) is 12.2 Å². The van der Waals surface area contributed by atoms with Gasteiger partial charge in [-0.3, -0.25) is 5.43 Å².